The predicted molar refractivity (Wildman–Crippen MR) is 100 cm³/mol. The van der Waals surface area contributed by atoms with Crippen LogP contribution >= 0.6 is 27.5 Å². The van der Waals surface area contributed by atoms with Crippen molar-refractivity contribution in [3.8, 4) is 5.69 Å². The second kappa shape index (κ2) is 6.79. The van der Waals surface area contributed by atoms with Crippen LogP contribution in [0.25, 0.3) is 5.69 Å². The van der Waals surface area contributed by atoms with Crippen molar-refractivity contribution in [3.63, 3.8) is 0 Å². The average Bonchev–Trinajstić information content (AvgIpc) is 2.94. The Morgan fingerprint density at radius 2 is 1.88 bits per heavy atom. The SMILES string of the molecule is Cc1c(Cl)cccc1NC(=O)c1cnn(-c2ccc(Br)cc2)c1C. The van der Waals surface area contributed by atoms with Gasteiger partial charge >= 0.3 is 0 Å². The molecule has 0 saturated carbocycles. The molecule has 0 bridgehead atoms. The van der Waals surface area contributed by atoms with Gasteiger partial charge in [-0.3, -0.25) is 4.79 Å². The molecule has 0 aliphatic rings. The molecule has 3 rings (SSSR count). The molecule has 2 aromatic carbocycles. The van der Waals surface area contributed by atoms with Crippen LogP contribution < -0.4 is 5.32 Å². The van der Waals surface area contributed by atoms with Gasteiger partial charge in [-0.05, 0) is 55.8 Å². The summed E-state index contributed by atoms with van der Waals surface area (Å²) < 4.78 is 2.73. The number of nitrogens with zero attached hydrogens (tertiary/aromatic N) is 2. The van der Waals surface area contributed by atoms with Crippen LogP contribution in [0, 0.1) is 13.8 Å². The zero-order valence-corrected chi connectivity index (χ0v) is 15.5. The van der Waals surface area contributed by atoms with Crippen LogP contribution in [0.4, 0.5) is 5.69 Å². The van der Waals surface area contributed by atoms with E-state index in [0.717, 1.165) is 21.4 Å². The minimum Gasteiger partial charge on any atom is -0.322 e. The van der Waals surface area contributed by atoms with Gasteiger partial charge in [-0.25, -0.2) is 4.68 Å². The summed E-state index contributed by atoms with van der Waals surface area (Å²) in [6.45, 7) is 3.74. The van der Waals surface area contributed by atoms with Crippen molar-refractivity contribution < 1.29 is 4.79 Å². The first kappa shape index (κ1) is 16.7. The molecule has 0 atom stereocenters. The van der Waals surface area contributed by atoms with Crippen LogP contribution in [-0.2, 0) is 0 Å². The summed E-state index contributed by atoms with van der Waals surface area (Å²) in [6.07, 6.45) is 1.58. The Kier molecular flexibility index (Phi) is 4.73. The number of carbonyl (C=O) groups is 1. The summed E-state index contributed by atoms with van der Waals surface area (Å²) in [4.78, 5) is 12.6. The predicted octanol–water partition coefficient (Wildman–Crippen LogP) is 5.16. The molecular formula is C18H15BrClN3O. The molecule has 6 heteroatoms. The lowest BCUT2D eigenvalue weighted by atomic mass is 10.2. The molecular weight excluding hydrogens is 390 g/mol. The quantitative estimate of drug-likeness (QED) is 0.655. The van der Waals surface area contributed by atoms with Crippen LogP contribution in [0.15, 0.2) is 53.1 Å². The van der Waals surface area contributed by atoms with Crippen LogP contribution in [0.3, 0.4) is 0 Å². The van der Waals surface area contributed by atoms with E-state index in [1.165, 1.54) is 0 Å². The fourth-order valence-corrected chi connectivity index (χ4v) is 2.85. The third kappa shape index (κ3) is 3.23. The van der Waals surface area contributed by atoms with Gasteiger partial charge in [0.15, 0.2) is 0 Å². The molecule has 0 aliphatic carbocycles. The van der Waals surface area contributed by atoms with Crippen molar-refractivity contribution in [1.82, 2.24) is 9.78 Å². The molecule has 1 amide bonds. The summed E-state index contributed by atoms with van der Waals surface area (Å²) in [6, 6.07) is 13.2. The van der Waals surface area contributed by atoms with Gasteiger partial charge in [-0.15, -0.1) is 0 Å². The van der Waals surface area contributed by atoms with E-state index in [2.05, 4.69) is 26.3 Å². The lowest BCUT2D eigenvalue weighted by Gasteiger charge is -2.09. The van der Waals surface area contributed by atoms with Gasteiger partial charge in [0, 0.05) is 15.2 Å². The number of aromatic nitrogens is 2. The average molecular weight is 405 g/mol. The lowest BCUT2D eigenvalue weighted by Crippen LogP contribution is -2.14. The highest BCUT2D eigenvalue weighted by molar-refractivity contribution is 9.10. The number of hydrogen-bond acceptors (Lipinski definition) is 2. The van der Waals surface area contributed by atoms with E-state index in [1.807, 2.05) is 50.2 Å². The van der Waals surface area contributed by atoms with Gasteiger partial charge in [0.05, 0.1) is 23.1 Å². The first-order valence-electron chi connectivity index (χ1n) is 7.34. The van der Waals surface area contributed by atoms with Crippen molar-refractivity contribution >= 4 is 39.1 Å². The van der Waals surface area contributed by atoms with Crippen LogP contribution in [0.1, 0.15) is 21.6 Å². The number of carbonyl (C=O) groups excluding carboxylic acids is 1. The topological polar surface area (TPSA) is 46.9 Å². The molecule has 4 nitrogen and oxygen atoms in total. The molecule has 122 valence electrons. The minimum atomic E-state index is -0.207. The highest BCUT2D eigenvalue weighted by atomic mass is 79.9. The molecule has 24 heavy (non-hydrogen) atoms. The Bertz CT molecular complexity index is 903. The Morgan fingerprint density at radius 1 is 1.17 bits per heavy atom. The largest absolute Gasteiger partial charge is 0.322 e. The highest BCUT2D eigenvalue weighted by Crippen LogP contribution is 2.24. The molecule has 0 aliphatic heterocycles. The van der Waals surface area contributed by atoms with Crippen LogP contribution in [0.2, 0.25) is 5.02 Å². The monoisotopic (exact) mass is 403 g/mol. The number of rotatable bonds is 3. The fraction of sp³-hybridized carbons (Fsp3) is 0.111. The third-order valence-corrected chi connectivity index (χ3v) is 4.78. The number of nitrogens with one attached hydrogen (secondary N) is 1. The summed E-state index contributed by atoms with van der Waals surface area (Å²) in [7, 11) is 0. The number of halogens is 2. The second-order valence-corrected chi connectivity index (χ2v) is 6.72. The highest BCUT2D eigenvalue weighted by Gasteiger charge is 2.16. The third-order valence-electron chi connectivity index (χ3n) is 3.84. The zero-order valence-electron chi connectivity index (χ0n) is 13.2. The van der Waals surface area contributed by atoms with Crippen molar-refractivity contribution in [2.45, 2.75) is 13.8 Å². The van der Waals surface area contributed by atoms with Gasteiger partial charge in [-0.1, -0.05) is 33.6 Å². The number of amides is 1. The maximum absolute atomic E-state index is 12.6. The van der Waals surface area contributed by atoms with Gasteiger partial charge in [0.1, 0.15) is 0 Å². The first-order chi connectivity index (χ1) is 11.5. The standard InChI is InChI=1S/C18H15BrClN3O/c1-11-16(20)4-3-5-17(11)22-18(24)15-10-21-23(12(15)2)14-8-6-13(19)7-9-14/h3-10H,1-2H3,(H,22,24). The lowest BCUT2D eigenvalue weighted by molar-refractivity contribution is 0.102. The smallest absolute Gasteiger partial charge is 0.259 e. The first-order valence-corrected chi connectivity index (χ1v) is 8.51. The molecule has 0 spiro atoms. The summed E-state index contributed by atoms with van der Waals surface area (Å²) in [5.41, 5.74) is 3.73. The maximum atomic E-state index is 12.6. The van der Waals surface area contributed by atoms with Gasteiger partial charge in [-0.2, -0.15) is 5.10 Å². The van der Waals surface area contributed by atoms with Gasteiger partial charge < -0.3 is 5.32 Å². The fourth-order valence-electron chi connectivity index (χ4n) is 2.41. The number of hydrogen-bond donors (Lipinski definition) is 1. The van der Waals surface area contributed by atoms with E-state index in [9.17, 15) is 4.79 Å². The number of benzene rings is 2. The van der Waals surface area contributed by atoms with E-state index in [1.54, 1.807) is 16.9 Å². The maximum Gasteiger partial charge on any atom is 0.259 e. The van der Waals surface area contributed by atoms with Crippen LogP contribution in [0.5, 0.6) is 0 Å². The molecule has 1 N–H and O–H groups in total. The molecule has 0 saturated heterocycles. The Morgan fingerprint density at radius 3 is 2.58 bits per heavy atom. The summed E-state index contributed by atoms with van der Waals surface area (Å²) >= 11 is 9.51. The summed E-state index contributed by atoms with van der Waals surface area (Å²) in [5, 5.41) is 7.85. The zero-order chi connectivity index (χ0) is 17.3. The Hall–Kier alpha value is -2.11. The van der Waals surface area contributed by atoms with E-state index < -0.39 is 0 Å². The molecule has 0 unspecified atom stereocenters. The normalized spacial score (nSPS) is 10.7. The van der Waals surface area contributed by atoms with Crippen molar-refractivity contribution in [1.29, 1.82) is 0 Å². The van der Waals surface area contributed by atoms with E-state index in [4.69, 9.17) is 11.6 Å². The Labute approximate surface area is 153 Å². The van der Waals surface area contributed by atoms with E-state index >= 15 is 0 Å². The van der Waals surface area contributed by atoms with E-state index in [-0.39, 0.29) is 5.91 Å². The van der Waals surface area contributed by atoms with E-state index in [0.29, 0.717) is 16.3 Å². The molecule has 1 heterocycles. The van der Waals surface area contributed by atoms with Crippen LogP contribution in [-0.4, -0.2) is 15.7 Å². The minimum absolute atomic E-state index is 0.207. The van der Waals surface area contributed by atoms with Gasteiger partial charge in [0.25, 0.3) is 5.91 Å². The van der Waals surface area contributed by atoms with Crippen molar-refractivity contribution in [3.05, 3.63) is 75.0 Å². The molecule has 0 fully saturated rings. The summed E-state index contributed by atoms with van der Waals surface area (Å²) in [5.74, 6) is -0.207. The molecule has 0 radical (unpaired) electrons. The second-order valence-electron chi connectivity index (χ2n) is 5.40. The van der Waals surface area contributed by atoms with Crippen molar-refractivity contribution in [2.24, 2.45) is 0 Å². The van der Waals surface area contributed by atoms with Gasteiger partial charge in [0.2, 0.25) is 0 Å². The Balaban J connectivity index is 1.89. The molecule has 1 aromatic heterocycles. The number of anilines is 1. The molecule has 3 aromatic rings. The van der Waals surface area contributed by atoms with Crippen molar-refractivity contribution in [2.75, 3.05) is 5.32 Å².